The van der Waals surface area contributed by atoms with Gasteiger partial charge in [-0.2, -0.15) is 0 Å². The van der Waals surface area contributed by atoms with E-state index < -0.39 is 18.5 Å². The number of halogens is 1. The number of hydrogen-bond acceptors (Lipinski definition) is 5. The Balaban J connectivity index is 1.46. The van der Waals surface area contributed by atoms with E-state index in [-0.39, 0.29) is 43.3 Å². The number of carbonyl (C=O) groups is 4. The van der Waals surface area contributed by atoms with Crippen LogP contribution in [-0.4, -0.2) is 35.2 Å². The summed E-state index contributed by atoms with van der Waals surface area (Å²) in [7, 11) is 0. The topological polar surface area (TPSA) is 92.8 Å². The number of nitrogens with zero attached hydrogens (tertiary/aromatic N) is 1. The van der Waals surface area contributed by atoms with Crippen molar-refractivity contribution in [2.45, 2.75) is 25.9 Å². The third-order valence-corrected chi connectivity index (χ3v) is 4.63. The van der Waals surface area contributed by atoms with Gasteiger partial charge < -0.3 is 10.1 Å². The van der Waals surface area contributed by atoms with Crippen LogP contribution in [0, 0.1) is 0 Å². The van der Waals surface area contributed by atoms with E-state index in [1.54, 1.807) is 30.3 Å². The van der Waals surface area contributed by atoms with Gasteiger partial charge in [-0.1, -0.05) is 35.9 Å². The predicted molar refractivity (Wildman–Crippen MR) is 105 cm³/mol. The van der Waals surface area contributed by atoms with E-state index in [0.29, 0.717) is 5.02 Å². The number of hydrogen-bond donors (Lipinski definition) is 1. The van der Waals surface area contributed by atoms with E-state index in [1.165, 1.54) is 17.0 Å². The number of benzene rings is 2. The number of esters is 1. The van der Waals surface area contributed by atoms with Crippen LogP contribution in [0.5, 0.6) is 0 Å². The van der Waals surface area contributed by atoms with E-state index in [0.717, 1.165) is 11.1 Å². The molecule has 2 aromatic carbocycles. The van der Waals surface area contributed by atoms with Crippen molar-refractivity contribution in [2.75, 3.05) is 6.61 Å². The van der Waals surface area contributed by atoms with Crippen molar-refractivity contribution >= 4 is 35.3 Å². The second-order valence-corrected chi connectivity index (χ2v) is 6.99. The Morgan fingerprint density at radius 2 is 1.69 bits per heavy atom. The van der Waals surface area contributed by atoms with Crippen molar-refractivity contribution in [3.63, 3.8) is 0 Å². The highest BCUT2D eigenvalue weighted by Gasteiger charge is 2.28. The second-order valence-electron chi connectivity index (χ2n) is 6.55. The molecule has 1 saturated heterocycles. The van der Waals surface area contributed by atoms with Crippen molar-refractivity contribution in [3.05, 3.63) is 70.2 Å². The average Bonchev–Trinajstić information content (AvgIpc) is 3.03. The van der Waals surface area contributed by atoms with Crippen molar-refractivity contribution in [3.8, 4) is 0 Å². The van der Waals surface area contributed by atoms with Crippen molar-refractivity contribution in [1.82, 2.24) is 10.2 Å². The summed E-state index contributed by atoms with van der Waals surface area (Å²) in [5.41, 5.74) is 1.84. The van der Waals surface area contributed by atoms with E-state index in [2.05, 4.69) is 5.32 Å². The van der Waals surface area contributed by atoms with Gasteiger partial charge in [-0.3, -0.25) is 19.3 Å². The lowest BCUT2D eigenvalue weighted by Crippen LogP contribution is -2.28. The minimum Gasteiger partial charge on any atom is -0.452 e. The molecule has 0 bridgehead atoms. The molecule has 1 heterocycles. The van der Waals surface area contributed by atoms with E-state index in [9.17, 15) is 19.2 Å². The van der Waals surface area contributed by atoms with E-state index in [4.69, 9.17) is 16.3 Å². The molecule has 3 amide bonds. The van der Waals surface area contributed by atoms with Gasteiger partial charge in [0.1, 0.15) is 0 Å². The number of carbonyl (C=O) groups excluding carboxylic acids is 4. The number of ether oxygens (including phenoxy) is 1. The second kappa shape index (κ2) is 9.34. The van der Waals surface area contributed by atoms with Gasteiger partial charge in [0, 0.05) is 24.4 Å². The van der Waals surface area contributed by atoms with Gasteiger partial charge in [-0.15, -0.1) is 0 Å². The normalized spacial score (nSPS) is 13.5. The number of imide groups is 1. The van der Waals surface area contributed by atoms with Crippen LogP contribution in [-0.2, 0) is 32.2 Å². The van der Waals surface area contributed by atoms with Crippen LogP contribution in [0.1, 0.15) is 34.3 Å². The summed E-state index contributed by atoms with van der Waals surface area (Å²) in [4.78, 5) is 48.5. The molecule has 0 unspecified atom stereocenters. The lowest BCUT2D eigenvalue weighted by atomic mass is 10.1. The molecule has 1 N–H and O–H groups in total. The van der Waals surface area contributed by atoms with Gasteiger partial charge in [0.2, 0.25) is 11.8 Å². The lowest BCUT2D eigenvalue weighted by molar-refractivity contribution is -0.139. The maximum absolute atomic E-state index is 12.1. The Labute approximate surface area is 172 Å². The summed E-state index contributed by atoms with van der Waals surface area (Å²) >= 11 is 5.89. The molecule has 1 aliphatic rings. The zero-order valence-corrected chi connectivity index (χ0v) is 16.3. The van der Waals surface area contributed by atoms with Crippen LogP contribution < -0.4 is 5.32 Å². The van der Waals surface area contributed by atoms with Gasteiger partial charge in [0.15, 0.2) is 6.61 Å². The third kappa shape index (κ3) is 5.65. The SMILES string of the molecule is O=C(COC(=O)c1ccc(CN2C(=O)CCC2=O)cc1)NCc1cccc(Cl)c1. The van der Waals surface area contributed by atoms with Gasteiger partial charge in [-0.25, -0.2) is 4.79 Å². The molecular weight excluding hydrogens is 396 g/mol. The van der Waals surface area contributed by atoms with Gasteiger partial charge in [0.25, 0.3) is 5.91 Å². The number of amides is 3. The smallest absolute Gasteiger partial charge is 0.338 e. The molecule has 0 aromatic heterocycles. The molecule has 0 spiro atoms. The van der Waals surface area contributed by atoms with Gasteiger partial charge in [0.05, 0.1) is 12.1 Å². The summed E-state index contributed by atoms with van der Waals surface area (Å²) < 4.78 is 5.01. The summed E-state index contributed by atoms with van der Waals surface area (Å²) in [5, 5.41) is 3.22. The Hall–Kier alpha value is -3.19. The number of rotatable bonds is 7. The molecule has 0 saturated carbocycles. The molecule has 0 atom stereocenters. The van der Waals surface area contributed by atoms with Gasteiger partial charge >= 0.3 is 5.97 Å². The highest BCUT2D eigenvalue weighted by atomic mass is 35.5. The summed E-state index contributed by atoms with van der Waals surface area (Å²) in [6.45, 7) is 0.0520. The first kappa shape index (κ1) is 20.5. The third-order valence-electron chi connectivity index (χ3n) is 4.40. The molecular formula is C21H19ClN2O5. The first-order valence-electron chi connectivity index (χ1n) is 9.03. The molecule has 0 aliphatic carbocycles. The Bertz CT molecular complexity index is 926. The maximum atomic E-state index is 12.1. The fourth-order valence-electron chi connectivity index (χ4n) is 2.84. The molecule has 2 aromatic rings. The first-order valence-corrected chi connectivity index (χ1v) is 9.40. The molecule has 3 rings (SSSR count). The quantitative estimate of drug-likeness (QED) is 0.555. The standard InChI is InChI=1S/C21H19ClN2O5/c22-17-3-1-2-15(10-17)11-23-18(25)13-29-21(28)16-6-4-14(5-7-16)12-24-19(26)8-9-20(24)27/h1-7,10H,8-9,11-13H2,(H,23,25). The molecule has 0 radical (unpaired) electrons. The zero-order valence-electron chi connectivity index (χ0n) is 15.5. The fourth-order valence-corrected chi connectivity index (χ4v) is 3.05. The Morgan fingerprint density at radius 1 is 1.00 bits per heavy atom. The summed E-state index contributed by atoms with van der Waals surface area (Å²) in [6.07, 6.45) is 0.477. The van der Waals surface area contributed by atoms with Crippen LogP contribution >= 0.6 is 11.6 Å². The monoisotopic (exact) mass is 414 g/mol. The van der Waals surface area contributed by atoms with E-state index >= 15 is 0 Å². The summed E-state index contributed by atoms with van der Waals surface area (Å²) in [6, 6.07) is 13.4. The minimum absolute atomic E-state index is 0.179. The van der Waals surface area contributed by atoms with Crippen LogP contribution in [0.3, 0.4) is 0 Å². The minimum atomic E-state index is -0.636. The summed E-state index contributed by atoms with van der Waals surface area (Å²) in [5.74, 6) is -1.45. The first-order chi connectivity index (χ1) is 13.9. The van der Waals surface area contributed by atoms with E-state index in [1.807, 2.05) is 6.07 Å². The molecule has 7 nitrogen and oxygen atoms in total. The fraction of sp³-hybridized carbons (Fsp3) is 0.238. The molecule has 150 valence electrons. The number of nitrogens with one attached hydrogen (secondary N) is 1. The zero-order chi connectivity index (χ0) is 20.8. The van der Waals surface area contributed by atoms with Crippen LogP contribution in [0.25, 0.3) is 0 Å². The number of likely N-dealkylation sites (tertiary alicyclic amines) is 1. The van der Waals surface area contributed by atoms with Gasteiger partial charge in [-0.05, 0) is 35.4 Å². The Morgan fingerprint density at radius 3 is 2.34 bits per heavy atom. The van der Waals surface area contributed by atoms with Crippen LogP contribution in [0.15, 0.2) is 48.5 Å². The van der Waals surface area contributed by atoms with Crippen LogP contribution in [0.2, 0.25) is 5.02 Å². The lowest BCUT2D eigenvalue weighted by Gasteiger charge is -2.13. The highest BCUT2D eigenvalue weighted by Crippen LogP contribution is 2.16. The largest absolute Gasteiger partial charge is 0.452 e. The molecule has 8 heteroatoms. The maximum Gasteiger partial charge on any atom is 0.338 e. The van der Waals surface area contributed by atoms with Crippen molar-refractivity contribution in [2.24, 2.45) is 0 Å². The van der Waals surface area contributed by atoms with Crippen molar-refractivity contribution < 1.29 is 23.9 Å². The molecule has 1 fully saturated rings. The average molecular weight is 415 g/mol. The molecule has 1 aliphatic heterocycles. The Kier molecular flexibility index (Phi) is 6.61. The highest BCUT2D eigenvalue weighted by molar-refractivity contribution is 6.30. The predicted octanol–water partition coefficient (Wildman–Crippen LogP) is 2.46. The molecule has 29 heavy (non-hydrogen) atoms. The van der Waals surface area contributed by atoms with Crippen LogP contribution in [0.4, 0.5) is 0 Å². The van der Waals surface area contributed by atoms with Crippen molar-refractivity contribution in [1.29, 1.82) is 0 Å².